The Kier molecular flexibility index (Phi) is 4.68. The van der Waals surface area contributed by atoms with Crippen LogP contribution in [0.5, 0.6) is 0 Å². The van der Waals surface area contributed by atoms with E-state index in [-0.39, 0.29) is 37.5 Å². The summed E-state index contributed by atoms with van der Waals surface area (Å²) in [6.45, 7) is 1.40. The molecule has 0 unspecified atom stereocenters. The molecule has 30 heavy (non-hydrogen) atoms. The third kappa shape index (κ3) is 3.05. The zero-order valence-corrected chi connectivity index (χ0v) is 17.3. The van der Waals surface area contributed by atoms with Crippen LogP contribution in [0.1, 0.15) is 12.8 Å². The van der Waals surface area contributed by atoms with Gasteiger partial charge in [-0.3, -0.25) is 0 Å². The molecule has 4 aromatic rings. The van der Waals surface area contributed by atoms with Crippen molar-refractivity contribution in [2.45, 2.75) is 18.9 Å². The van der Waals surface area contributed by atoms with Gasteiger partial charge in [-0.1, -0.05) is 22.9 Å². The molecule has 4 N–H and O–H groups in total. The van der Waals surface area contributed by atoms with Gasteiger partial charge in [-0.15, -0.1) is 0 Å². The van der Waals surface area contributed by atoms with Crippen LogP contribution in [0, 0.1) is 11.6 Å². The van der Waals surface area contributed by atoms with E-state index in [4.69, 9.17) is 23.1 Å². The van der Waals surface area contributed by atoms with E-state index in [9.17, 15) is 4.39 Å². The summed E-state index contributed by atoms with van der Waals surface area (Å²) < 4.78 is 30.2. The minimum Gasteiger partial charge on any atom is -0.375 e. The van der Waals surface area contributed by atoms with Crippen molar-refractivity contribution in [3.63, 3.8) is 0 Å². The van der Waals surface area contributed by atoms with Crippen molar-refractivity contribution in [2.24, 2.45) is 5.73 Å². The van der Waals surface area contributed by atoms with Gasteiger partial charge in [0, 0.05) is 35.6 Å². The smallest absolute Gasteiger partial charge is 0.181 e. The summed E-state index contributed by atoms with van der Waals surface area (Å²) in [7, 11) is 0. The number of nitrogen functional groups attached to an aromatic ring is 1. The summed E-state index contributed by atoms with van der Waals surface area (Å²) in [5.74, 6) is -0.474. The van der Waals surface area contributed by atoms with E-state index < -0.39 is 11.6 Å². The third-order valence-electron chi connectivity index (χ3n) is 5.34. The highest BCUT2D eigenvalue weighted by Crippen LogP contribution is 2.42. The van der Waals surface area contributed by atoms with Crippen molar-refractivity contribution in [1.82, 2.24) is 15.0 Å². The van der Waals surface area contributed by atoms with E-state index in [1.165, 1.54) is 18.5 Å². The average molecular weight is 447 g/mol. The molecule has 0 aliphatic carbocycles. The fraction of sp³-hybridized carbons (Fsp3) is 0.250. The Morgan fingerprint density at radius 2 is 2.03 bits per heavy atom. The molecule has 2 aromatic heterocycles. The normalized spacial score (nSPS) is 17.2. The Bertz CT molecular complexity index is 1290. The lowest BCUT2D eigenvalue weighted by molar-refractivity contribution is 0.504. The molecule has 0 amide bonds. The van der Waals surface area contributed by atoms with E-state index in [0.29, 0.717) is 23.3 Å². The Labute approximate surface area is 179 Å². The number of fused-ring (bicyclic) bond motifs is 2. The number of piperidine rings is 1. The molecule has 0 radical (unpaired) electrons. The van der Waals surface area contributed by atoms with Gasteiger partial charge >= 0.3 is 0 Å². The van der Waals surface area contributed by atoms with Gasteiger partial charge in [-0.05, 0) is 31.0 Å². The van der Waals surface area contributed by atoms with E-state index in [0.717, 1.165) is 30.7 Å². The van der Waals surface area contributed by atoms with Crippen LogP contribution < -0.4 is 16.4 Å². The van der Waals surface area contributed by atoms with Crippen LogP contribution in [-0.4, -0.2) is 34.1 Å². The highest BCUT2D eigenvalue weighted by molar-refractivity contribution is 7.22. The number of aromatic nitrogens is 3. The maximum Gasteiger partial charge on any atom is 0.181 e. The average Bonchev–Trinajstić information content (AvgIpc) is 3.12. The van der Waals surface area contributed by atoms with E-state index in [1.54, 1.807) is 6.07 Å². The first-order valence-corrected chi connectivity index (χ1v) is 10.6. The van der Waals surface area contributed by atoms with Crippen LogP contribution >= 0.6 is 22.9 Å². The minimum absolute atomic E-state index is 0.0333. The van der Waals surface area contributed by atoms with Crippen LogP contribution in [0.15, 0.2) is 24.5 Å². The molecule has 1 saturated heterocycles. The summed E-state index contributed by atoms with van der Waals surface area (Å²) in [5, 5.41) is 0.866. The SMILES string of the molecule is Nc1nc2c(-c3c(Cl)cc4c(N5CCC[C@H](N)C5)ncnc4c3F)ccc(F)c2s1. The number of thiazole rings is 1. The number of benzene rings is 2. The first kappa shape index (κ1) is 19.3. The van der Waals surface area contributed by atoms with Crippen molar-refractivity contribution in [3.8, 4) is 11.1 Å². The lowest BCUT2D eigenvalue weighted by atomic mass is 10.0. The highest BCUT2D eigenvalue weighted by Gasteiger charge is 2.25. The van der Waals surface area contributed by atoms with Crippen LogP contribution in [0.2, 0.25) is 5.02 Å². The number of anilines is 2. The van der Waals surface area contributed by atoms with Crippen molar-refractivity contribution >= 4 is 55.0 Å². The van der Waals surface area contributed by atoms with Gasteiger partial charge in [0.2, 0.25) is 0 Å². The predicted molar refractivity (Wildman–Crippen MR) is 117 cm³/mol. The lowest BCUT2D eigenvalue weighted by Gasteiger charge is -2.32. The van der Waals surface area contributed by atoms with E-state index in [2.05, 4.69) is 15.0 Å². The molecule has 5 rings (SSSR count). The largest absolute Gasteiger partial charge is 0.375 e. The van der Waals surface area contributed by atoms with Crippen molar-refractivity contribution in [1.29, 1.82) is 0 Å². The van der Waals surface area contributed by atoms with Crippen LogP contribution in [0.4, 0.5) is 19.7 Å². The highest BCUT2D eigenvalue weighted by atomic mass is 35.5. The maximum absolute atomic E-state index is 15.7. The van der Waals surface area contributed by atoms with Gasteiger partial charge in [0.15, 0.2) is 10.9 Å². The second-order valence-electron chi connectivity index (χ2n) is 7.31. The van der Waals surface area contributed by atoms with Crippen LogP contribution in [0.25, 0.3) is 32.2 Å². The number of hydrogen-bond donors (Lipinski definition) is 2. The Morgan fingerprint density at radius 3 is 2.83 bits per heavy atom. The molecular formula is C20H17ClF2N6S. The number of rotatable bonds is 2. The molecule has 1 fully saturated rings. The molecule has 0 saturated carbocycles. The molecule has 1 aliphatic rings. The number of nitrogens with two attached hydrogens (primary N) is 2. The van der Waals surface area contributed by atoms with Gasteiger partial charge in [-0.2, -0.15) is 0 Å². The molecule has 0 spiro atoms. The predicted octanol–water partition coefficient (Wildman–Crippen LogP) is 4.35. The molecule has 154 valence electrons. The van der Waals surface area contributed by atoms with Crippen molar-refractivity contribution in [3.05, 3.63) is 41.2 Å². The Morgan fingerprint density at radius 1 is 1.20 bits per heavy atom. The third-order valence-corrected chi connectivity index (χ3v) is 6.53. The summed E-state index contributed by atoms with van der Waals surface area (Å²) in [5.41, 5.74) is 12.8. The Hall–Kier alpha value is -2.62. The molecular weight excluding hydrogens is 430 g/mol. The zero-order valence-electron chi connectivity index (χ0n) is 15.7. The molecule has 1 atom stereocenters. The fourth-order valence-corrected chi connectivity index (χ4v) is 5.07. The van der Waals surface area contributed by atoms with Gasteiger partial charge in [-0.25, -0.2) is 23.7 Å². The maximum atomic E-state index is 15.7. The zero-order chi connectivity index (χ0) is 21.0. The van der Waals surface area contributed by atoms with E-state index in [1.807, 2.05) is 4.90 Å². The summed E-state index contributed by atoms with van der Waals surface area (Å²) in [6, 6.07) is 4.40. The van der Waals surface area contributed by atoms with Crippen molar-refractivity contribution in [2.75, 3.05) is 23.7 Å². The Balaban J connectivity index is 1.74. The fourth-order valence-electron chi connectivity index (χ4n) is 4.01. The molecule has 2 aromatic carbocycles. The summed E-state index contributed by atoms with van der Waals surface area (Å²) in [4.78, 5) is 14.8. The lowest BCUT2D eigenvalue weighted by Crippen LogP contribution is -2.43. The molecule has 1 aliphatic heterocycles. The standard InChI is InChI=1S/C20H17ClF2N6S/c21-12-6-11-16(26-8-27-19(11)29-5-1-2-9(24)7-29)15(23)14(12)10-3-4-13(22)18-17(10)28-20(25)30-18/h3-4,6,8-9H,1-2,5,7,24H2,(H2,25,28)/t9-/m0/s1. The quantitative estimate of drug-likeness (QED) is 0.475. The van der Waals surface area contributed by atoms with Gasteiger partial charge < -0.3 is 16.4 Å². The minimum atomic E-state index is -0.609. The monoisotopic (exact) mass is 446 g/mol. The molecule has 6 nitrogen and oxygen atoms in total. The van der Waals surface area contributed by atoms with Gasteiger partial charge in [0.05, 0.1) is 15.2 Å². The second kappa shape index (κ2) is 7.26. The van der Waals surface area contributed by atoms with Gasteiger partial charge in [0.25, 0.3) is 0 Å². The number of halogens is 3. The first-order valence-electron chi connectivity index (χ1n) is 9.42. The van der Waals surface area contributed by atoms with Crippen molar-refractivity contribution < 1.29 is 8.78 Å². The van der Waals surface area contributed by atoms with Crippen LogP contribution in [-0.2, 0) is 0 Å². The summed E-state index contributed by atoms with van der Waals surface area (Å²) >= 11 is 7.55. The van der Waals surface area contributed by atoms with E-state index >= 15 is 4.39 Å². The second-order valence-corrected chi connectivity index (χ2v) is 8.75. The number of hydrogen-bond acceptors (Lipinski definition) is 7. The molecule has 0 bridgehead atoms. The van der Waals surface area contributed by atoms with Gasteiger partial charge in [0.1, 0.15) is 23.5 Å². The molecule has 3 heterocycles. The first-order chi connectivity index (χ1) is 14.4. The summed E-state index contributed by atoms with van der Waals surface area (Å²) in [6.07, 6.45) is 3.20. The topological polar surface area (TPSA) is 94.0 Å². The number of nitrogens with zero attached hydrogens (tertiary/aromatic N) is 4. The van der Waals surface area contributed by atoms with Crippen LogP contribution in [0.3, 0.4) is 0 Å². The molecule has 10 heteroatoms.